The Morgan fingerprint density at radius 3 is 2.35 bits per heavy atom. The van der Waals surface area contributed by atoms with E-state index >= 15 is 0 Å². The normalized spacial score (nSPS) is 12.6. The van der Waals surface area contributed by atoms with Gasteiger partial charge in [0, 0.05) is 31.2 Å². The fourth-order valence-electron chi connectivity index (χ4n) is 2.08. The Morgan fingerprint density at radius 1 is 1.30 bits per heavy atom. The molecular weight excluding hydrogens is 338 g/mol. The molecular formula is C15H26ClN3O3S. The van der Waals surface area contributed by atoms with Gasteiger partial charge in [-0.1, -0.05) is 19.9 Å². The molecule has 0 bridgehead atoms. The third-order valence-electron chi connectivity index (χ3n) is 3.53. The monoisotopic (exact) mass is 363 g/mol. The minimum absolute atomic E-state index is 0. The van der Waals surface area contributed by atoms with Crippen LogP contribution in [0.4, 0.5) is 0 Å². The Balaban J connectivity index is 0.00000484. The first-order valence-corrected chi connectivity index (χ1v) is 8.83. The zero-order valence-corrected chi connectivity index (χ0v) is 15.6. The molecule has 3 N–H and O–H groups in total. The summed E-state index contributed by atoms with van der Waals surface area (Å²) in [6.45, 7) is 8.23. The highest BCUT2D eigenvalue weighted by molar-refractivity contribution is 7.89. The number of benzene rings is 1. The number of amides is 1. The predicted octanol–water partition coefficient (Wildman–Crippen LogP) is 1.52. The van der Waals surface area contributed by atoms with E-state index in [-0.39, 0.29) is 29.3 Å². The van der Waals surface area contributed by atoms with Crippen LogP contribution in [-0.2, 0) is 10.0 Å². The van der Waals surface area contributed by atoms with E-state index in [4.69, 9.17) is 5.73 Å². The summed E-state index contributed by atoms with van der Waals surface area (Å²) in [6, 6.07) is 4.45. The molecule has 0 heterocycles. The molecule has 0 radical (unpaired) electrons. The molecule has 1 atom stereocenters. The van der Waals surface area contributed by atoms with Gasteiger partial charge in [-0.05, 0) is 31.5 Å². The zero-order valence-electron chi connectivity index (χ0n) is 14.0. The maximum Gasteiger partial charge on any atom is 0.251 e. The number of aryl methyl sites for hydroxylation is 1. The molecule has 0 aliphatic rings. The lowest BCUT2D eigenvalue weighted by Crippen LogP contribution is -2.38. The van der Waals surface area contributed by atoms with Crippen LogP contribution < -0.4 is 11.1 Å². The second-order valence-electron chi connectivity index (χ2n) is 5.18. The van der Waals surface area contributed by atoms with E-state index in [0.29, 0.717) is 25.2 Å². The average molecular weight is 364 g/mol. The van der Waals surface area contributed by atoms with Crippen molar-refractivity contribution in [3.8, 4) is 0 Å². The summed E-state index contributed by atoms with van der Waals surface area (Å²) in [5.74, 6) is -0.313. The van der Waals surface area contributed by atoms with Crippen molar-refractivity contribution in [2.45, 2.75) is 38.6 Å². The third kappa shape index (κ3) is 5.17. The van der Waals surface area contributed by atoms with Gasteiger partial charge in [0.25, 0.3) is 5.91 Å². The van der Waals surface area contributed by atoms with E-state index in [0.717, 1.165) is 5.56 Å². The molecule has 0 fully saturated rings. The largest absolute Gasteiger partial charge is 0.348 e. The first-order chi connectivity index (χ1) is 10.3. The van der Waals surface area contributed by atoms with Gasteiger partial charge in [-0.15, -0.1) is 12.4 Å². The van der Waals surface area contributed by atoms with Crippen LogP contribution >= 0.6 is 12.4 Å². The Kier molecular flexibility index (Phi) is 8.76. The topological polar surface area (TPSA) is 92.5 Å². The van der Waals surface area contributed by atoms with Gasteiger partial charge in [0.05, 0.1) is 4.90 Å². The van der Waals surface area contributed by atoms with Crippen molar-refractivity contribution in [1.29, 1.82) is 0 Å². The van der Waals surface area contributed by atoms with Crippen molar-refractivity contribution >= 4 is 28.3 Å². The molecule has 0 spiro atoms. The number of carbonyl (C=O) groups excluding carboxylic acids is 1. The summed E-state index contributed by atoms with van der Waals surface area (Å²) in [5.41, 5.74) is 6.57. The van der Waals surface area contributed by atoms with Crippen LogP contribution in [0.5, 0.6) is 0 Å². The summed E-state index contributed by atoms with van der Waals surface area (Å²) in [6.07, 6.45) is 0. The summed E-state index contributed by atoms with van der Waals surface area (Å²) in [7, 11) is -3.58. The molecule has 1 rings (SSSR count). The molecule has 0 aliphatic heterocycles. The Hall–Kier alpha value is -1.15. The number of halogens is 1. The Bertz CT molecular complexity index is 631. The second kappa shape index (κ2) is 9.22. The van der Waals surface area contributed by atoms with E-state index < -0.39 is 10.0 Å². The molecule has 0 saturated heterocycles. The Labute approximate surface area is 144 Å². The minimum Gasteiger partial charge on any atom is -0.348 e. The number of nitrogens with one attached hydrogen (secondary N) is 1. The number of nitrogens with two attached hydrogens (primary N) is 1. The van der Waals surface area contributed by atoms with Crippen LogP contribution in [0.2, 0.25) is 0 Å². The third-order valence-corrected chi connectivity index (χ3v) is 5.57. The highest BCUT2D eigenvalue weighted by Gasteiger charge is 2.23. The lowest BCUT2D eigenvalue weighted by atomic mass is 10.1. The number of rotatable bonds is 7. The van der Waals surface area contributed by atoms with E-state index in [9.17, 15) is 13.2 Å². The molecule has 0 unspecified atom stereocenters. The Morgan fingerprint density at radius 2 is 1.87 bits per heavy atom. The molecule has 0 aromatic heterocycles. The first-order valence-electron chi connectivity index (χ1n) is 7.39. The number of sulfonamides is 1. The predicted molar refractivity (Wildman–Crippen MR) is 94.5 cm³/mol. The zero-order chi connectivity index (χ0) is 16.9. The fraction of sp³-hybridized carbons (Fsp3) is 0.533. The molecule has 6 nitrogen and oxygen atoms in total. The molecule has 0 saturated carbocycles. The molecule has 8 heteroatoms. The van der Waals surface area contributed by atoms with Crippen LogP contribution in [-0.4, -0.2) is 44.3 Å². The van der Waals surface area contributed by atoms with Gasteiger partial charge in [0.2, 0.25) is 10.0 Å². The molecule has 23 heavy (non-hydrogen) atoms. The summed E-state index contributed by atoms with van der Waals surface area (Å²) < 4.78 is 26.4. The summed E-state index contributed by atoms with van der Waals surface area (Å²) >= 11 is 0. The van der Waals surface area contributed by atoms with Gasteiger partial charge in [0.15, 0.2) is 0 Å². The van der Waals surface area contributed by atoms with Gasteiger partial charge in [0.1, 0.15) is 0 Å². The van der Waals surface area contributed by atoms with Crippen molar-refractivity contribution in [2.75, 3.05) is 19.6 Å². The van der Waals surface area contributed by atoms with Crippen molar-refractivity contribution in [3.05, 3.63) is 29.3 Å². The first kappa shape index (κ1) is 21.9. The molecule has 0 aliphatic carbocycles. The number of nitrogens with zero attached hydrogens (tertiary/aromatic N) is 1. The van der Waals surface area contributed by atoms with Gasteiger partial charge in [-0.25, -0.2) is 8.42 Å². The van der Waals surface area contributed by atoms with Crippen LogP contribution in [0.25, 0.3) is 0 Å². The van der Waals surface area contributed by atoms with Crippen LogP contribution in [0.3, 0.4) is 0 Å². The molecule has 1 amide bonds. The van der Waals surface area contributed by atoms with Crippen LogP contribution in [0.15, 0.2) is 23.1 Å². The van der Waals surface area contributed by atoms with E-state index in [1.165, 1.54) is 16.4 Å². The van der Waals surface area contributed by atoms with E-state index in [2.05, 4.69) is 5.32 Å². The van der Waals surface area contributed by atoms with Gasteiger partial charge < -0.3 is 11.1 Å². The SMILES string of the molecule is CCN(CC)S(=O)(=O)c1ccc(C)c(C(=O)N[C@@H](C)CN)c1.Cl. The fourth-order valence-corrected chi connectivity index (χ4v) is 3.56. The van der Waals surface area contributed by atoms with Crippen molar-refractivity contribution in [2.24, 2.45) is 5.73 Å². The summed E-state index contributed by atoms with van der Waals surface area (Å²) in [4.78, 5) is 12.4. The number of carbonyl (C=O) groups is 1. The quantitative estimate of drug-likeness (QED) is 0.768. The van der Waals surface area contributed by atoms with Crippen LogP contribution in [0.1, 0.15) is 36.7 Å². The van der Waals surface area contributed by atoms with Gasteiger partial charge in [-0.3, -0.25) is 4.79 Å². The van der Waals surface area contributed by atoms with Crippen molar-refractivity contribution < 1.29 is 13.2 Å². The molecule has 1 aromatic carbocycles. The highest BCUT2D eigenvalue weighted by Crippen LogP contribution is 2.19. The maximum absolute atomic E-state index is 12.5. The lowest BCUT2D eigenvalue weighted by molar-refractivity contribution is 0.0940. The van der Waals surface area contributed by atoms with Crippen molar-refractivity contribution in [1.82, 2.24) is 9.62 Å². The lowest BCUT2D eigenvalue weighted by Gasteiger charge is -2.19. The van der Waals surface area contributed by atoms with Crippen LogP contribution in [0, 0.1) is 6.92 Å². The van der Waals surface area contributed by atoms with Gasteiger partial charge >= 0.3 is 0 Å². The summed E-state index contributed by atoms with van der Waals surface area (Å²) in [5, 5.41) is 2.75. The van der Waals surface area contributed by atoms with Crippen molar-refractivity contribution in [3.63, 3.8) is 0 Å². The highest BCUT2D eigenvalue weighted by atomic mass is 35.5. The number of hydrogen-bond donors (Lipinski definition) is 2. The van der Waals surface area contributed by atoms with E-state index in [1.54, 1.807) is 33.8 Å². The van der Waals surface area contributed by atoms with E-state index in [1.807, 2.05) is 0 Å². The second-order valence-corrected chi connectivity index (χ2v) is 7.11. The number of hydrogen-bond acceptors (Lipinski definition) is 4. The standard InChI is InChI=1S/C15H25N3O3S.ClH/c1-5-18(6-2)22(20,21)13-8-7-11(3)14(9-13)15(19)17-12(4)10-16;/h7-9,12H,5-6,10,16H2,1-4H3,(H,17,19);1H/t12-;/m0./s1. The smallest absolute Gasteiger partial charge is 0.251 e. The average Bonchev–Trinajstić information content (AvgIpc) is 2.48. The molecule has 132 valence electrons. The maximum atomic E-state index is 12.5. The minimum atomic E-state index is -3.58. The van der Waals surface area contributed by atoms with Gasteiger partial charge in [-0.2, -0.15) is 4.31 Å². The molecule has 1 aromatic rings.